The van der Waals surface area contributed by atoms with Crippen LogP contribution in [0.15, 0.2) is 18.2 Å². The van der Waals surface area contributed by atoms with Crippen molar-refractivity contribution >= 4 is 0 Å². The van der Waals surface area contributed by atoms with Gasteiger partial charge in [-0.15, -0.1) is 0 Å². The maximum absolute atomic E-state index is 6.02. The van der Waals surface area contributed by atoms with Crippen LogP contribution in [0.4, 0.5) is 0 Å². The fourth-order valence-electron chi connectivity index (χ4n) is 3.32. The van der Waals surface area contributed by atoms with Crippen LogP contribution in [-0.2, 0) is 0 Å². The lowest BCUT2D eigenvalue weighted by Crippen LogP contribution is -2.40. The standard InChI is InChI=1S/C17H28N2/c1-12-5-6-17(13(2)11-12)15(4)19-9-7-16(8-10-19)14(3)18/h5-6,11,14-16H,7-10,18H2,1-4H3. The molecule has 2 rings (SSSR count). The fourth-order valence-corrected chi connectivity index (χ4v) is 3.32. The van der Waals surface area contributed by atoms with Crippen molar-refractivity contribution in [3.8, 4) is 0 Å². The molecule has 2 nitrogen and oxygen atoms in total. The molecule has 2 unspecified atom stereocenters. The SMILES string of the molecule is Cc1ccc(C(C)N2CCC(C(C)N)CC2)c(C)c1. The van der Waals surface area contributed by atoms with Crippen molar-refractivity contribution in [2.24, 2.45) is 11.7 Å². The second kappa shape index (κ2) is 6.06. The van der Waals surface area contributed by atoms with Crippen LogP contribution >= 0.6 is 0 Å². The van der Waals surface area contributed by atoms with E-state index < -0.39 is 0 Å². The molecule has 1 saturated heterocycles. The van der Waals surface area contributed by atoms with E-state index in [-0.39, 0.29) is 0 Å². The predicted molar refractivity (Wildman–Crippen MR) is 82.3 cm³/mol. The molecule has 2 atom stereocenters. The molecule has 0 spiro atoms. The van der Waals surface area contributed by atoms with Crippen molar-refractivity contribution < 1.29 is 0 Å². The number of aryl methyl sites for hydroxylation is 2. The summed E-state index contributed by atoms with van der Waals surface area (Å²) in [6, 6.07) is 7.69. The lowest BCUT2D eigenvalue weighted by atomic mass is 9.89. The van der Waals surface area contributed by atoms with Crippen LogP contribution in [0.3, 0.4) is 0 Å². The van der Waals surface area contributed by atoms with Gasteiger partial charge in [0.05, 0.1) is 0 Å². The first-order valence-electron chi connectivity index (χ1n) is 7.56. The molecule has 0 aromatic heterocycles. The van der Waals surface area contributed by atoms with E-state index in [1.54, 1.807) is 0 Å². The summed E-state index contributed by atoms with van der Waals surface area (Å²) in [5.41, 5.74) is 10.3. The topological polar surface area (TPSA) is 29.3 Å². The van der Waals surface area contributed by atoms with Crippen molar-refractivity contribution in [2.75, 3.05) is 13.1 Å². The summed E-state index contributed by atoms with van der Waals surface area (Å²) in [5.74, 6) is 0.711. The Hall–Kier alpha value is -0.860. The molecule has 0 saturated carbocycles. The molecule has 0 amide bonds. The lowest BCUT2D eigenvalue weighted by Gasteiger charge is -2.38. The van der Waals surface area contributed by atoms with E-state index >= 15 is 0 Å². The van der Waals surface area contributed by atoms with E-state index in [1.807, 2.05) is 0 Å². The van der Waals surface area contributed by atoms with Gasteiger partial charge in [-0.2, -0.15) is 0 Å². The normalized spacial score (nSPS) is 21.3. The van der Waals surface area contributed by atoms with Gasteiger partial charge in [0, 0.05) is 12.1 Å². The van der Waals surface area contributed by atoms with Gasteiger partial charge in [0.25, 0.3) is 0 Å². The van der Waals surface area contributed by atoms with Gasteiger partial charge < -0.3 is 5.73 Å². The van der Waals surface area contributed by atoms with E-state index in [1.165, 1.54) is 42.6 Å². The molecule has 1 fully saturated rings. The average molecular weight is 260 g/mol. The molecule has 1 aliphatic rings. The lowest BCUT2D eigenvalue weighted by molar-refractivity contribution is 0.132. The summed E-state index contributed by atoms with van der Waals surface area (Å²) in [4.78, 5) is 2.61. The Morgan fingerprint density at radius 2 is 1.79 bits per heavy atom. The Bertz CT molecular complexity index is 417. The number of likely N-dealkylation sites (tertiary alicyclic amines) is 1. The quantitative estimate of drug-likeness (QED) is 0.902. The van der Waals surface area contributed by atoms with Gasteiger partial charge >= 0.3 is 0 Å². The van der Waals surface area contributed by atoms with Crippen molar-refractivity contribution in [1.29, 1.82) is 0 Å². The highest BCUT2D eigenvalue weighted by molar-refractivity contribution is 5.32. The highest BCUT2D eigenvalue weighted by atomic mass is 15.2. The summed E-state index contributed by atoms with van der Waals surface area (Å²) in [6.07, 6.45) is 2.49. The Kier molecular flexibility index (Phi) is 4.64. The second-order valence-corrected chi connectivity index (χ2v) is 6.27. The number of nitrogens with two attached hydrogens (primary N) is 1. The first-order chi connectivity index (χ1) is 8.99. The zero-order valence-corrected chi connectivity index (χ0v) is 12.8. The second-order valence-electron chi connectivity index (χ2n) is 6.27. The molecule has 2 heteroatoms. The number of piperidine rings is 1. The van der Waals surface area contributed by atoms with E-state index in [0.717, 1.165) is 0 Å². The van der Waals surface area contributed by atoms with Gasteiger partial charge in [0.15, 0.2) is 0 Å². The minimum absolute atomic E-state index is 0.346. The Balaban J connectivity index is 2.03. The van der Waals surface area contributed by atoms with Crippen LogP contribution in [-0.4, -0.2) is 24.0 Å². The molecule has 1 aromatic rings. The van der Waals surface area contributed by atoms with E-state index in [9.17, 15) is 0 Å². The molecular weight excluding hydrogens is 232 g/mol. The summed E-state index contributed by atoms with van der Waals surface area (Å²) in [7, 11) is 0. The van der Waals surface area contributed by atoms with Gasteiger partial charge in [-0.05, 0) is 70.7 Å². The number of nitrogens with zero attached hydrogens (tertiary/aromatic N) is 1. The minimum atomic E-state index is 0.346. The zero-order chi connectivity index (χ0) is 14.0. The monoisotopic (exact) mass is 260 g/mol. The predicted octanol–water partition coefficient (Wildman–Crippen LogP) is 3.42. The van der Waals surface area contributed by atoms with E-state index in [4.69, 9.17) is 5.73 Å². The highest BCUT2D eigenvalue weighted by Crippen LogP contribution is 2.29. The van der Waals surface area contributed by atoms with Crippen LogP contribution in [0, 0.1) is 19.8 Å². The van der Waals surface area contributed by atoms with Crippen LogP contribution in [0.2, 0.25) is 0 Å². The summed E-state index contributed by atoms with van der Waals surface area (Å²) < 4.78 is 0. The maximum atomic E-state index is 6.02. The third-order valence-corrected chi connectivity index (χ3v) is 4.74. The average Bonchev–Trinajstić information content (AvgIpc) is 2.38. The van der Waals surface area contributed by atoms with E-state index in [2.05, 4.69) is 50.8 Å². The van der Waals surface area contributed by atoms with Crippen molar-refractivity contribution in [3.63, 3.8) is 0 Å². The summed E-state index contributed by atoms with van der Waals surface area (Å²) in [5, 5.41) is 0. The third-order valence-electron chi connectivity index (χ3n) is 4.74. The summed E-state index contributed by atoms with van der Waals surface area (Å²) in [6.45, 7) is 11.2. The molecule has 0 aliphatic carbocycles. The smallest absolute Gasteiger partial charge is 0.0322 e. The van der Waals surface area contributed by atoms with Gasteiger partial charge in [-0.25, -0.2) is 0 Å². The van der Waals surface area contributed by atoms with E-state index in [0.29, 0.717) is 18.0 Å². The van der Waals surface area contributed by atoms with Crippen LogP contribution < -0.4 is 5.73 Å². The molecule has 2 N–H and O–H groups in total. The van der Waals surface area contributed by atoms with Gasteiger partial charge in [-0.3, -0.25) is 4.90 Å². The summed E-state index contributed by atoms with van der Waals surface area (Å²) >= 11 is 0. The number of hydrogen-bond donors (Lipinski definition) is 1. The molecule has 106 valence electrons. The molecule has 1 heterocycles. The first kappa shape index (κ1) is 14.5. The minimum Gasteiger partial charge on any atom is -0.328 e. The first-order valence-corrected chi connectivity index (χ1v) is 7.56. The van der Waals surface area contributed by atoms with Crippen LogP contribution in [0.1, 0.15) is 49.4 Å². The van der Waals surface area contributed by atoms with Crippen molar-refractivity contribution in [2.45, 2.75) is 52.6 Å². The molecule has 1 aromatic carbocycles. The molecule has 1 aliphatic heterocycles. The number of rotatable bonds is 3. The Labute approximate surface area is 118 Å². The zero-order valence-electron chi connectivity index (χ0n) is 12.8. The maximum Gasteiger partial charge on any atom is 0.0322 e. The van der Waals surface area contributed by atoms with Gasteiger partial charge in [0.2, 0.25) is 0 Å². The van der Waals surface area contributed by atoms with Crippen molar-refractivity contribution in [3.05, 3.63) is 34.9 Å². The van der Waals surface area contributed by atoms with Gasteiger partial charge in [0.1, 0.15) is 0 Å². The Morgan fingerprint density at radius 1 is 1.16 bits per heavy atom. The van der Waals surface area contributed by atoms with Crippen LogP contribution in [0.25, 0.3) is 0 Å². The highest BCUT2D eigenvalue weighted by Gasteiger charge is 2.25. The fraction of sp³-hybridized carbons (Fsp3) is 0.647. The number of benzene rings is 1. The van der Waals surface area contributed by atoms with Gasteiger partial charge in [-0.1, -0.05) is 23.8 Å². The largest absolute Gasteiger partial charge is 0.328 e. The number of hydrogen-bond acceptors (Lipinski definition) is 2. The molecule has 0 bridgehead atoms. The van der Waals surface area contributed by atoms with Crippen molar-refractivity contribution in [1.82, 2.24) is 4.90 Å². The molecule has 0 radical (unpaired) electrons. The van der Waals surface area contributed by atoms with Crippen LogP contribution in [0.5, 0.6) is 0 Å². The molecular formula is C17H28N2. The molecule has 19 heavy (non-hydrogen) atoms. The third kappa shape index (κ3) is 3.37. The Morgan fingerprint density at radius 3 is 2.32 bits per heavy atom.